The lowest BCUT2D eigenvalue weighted by Crippen LogP contribution is -1.98. The SMILES string of the molecule is COc1cc(F)cc(NCc2cc(Br)c(Cl)s2)c1. The molecule has 1 N–H and O–H groups in total. The Balaban J connectivity index is 2.07. The van der Waals surface area contributed by atoms with E-state index < -0.39 is 0 Å². The Bertz CT molecular complexity index is 542. The van der Waals surface area contributed by atoms with E-state index in [2.05, 4.69) is 21.2 Å². The fourth-order valence-corrected chi connectivity index (χ4v) is 3.18. The minimum absolute atomic E-state index is 0.331. The first kappa shape index (κ1) is 13.6. The van der Waals surface area contributed by atoms with Gasteiger partial charge >= 0.3 is 0 Å². The summed E-state index contributed by atoms with van der Waals surface area (Å²) in [5, 5.41) is 3.13. The summed E-state index contributed by atoms with van der Waals surface area (Å²) in [6.45, 7) is 0.586. The molecule has 6 heteroatoms. The van der Waals surface area contributed by atoms with Crippen molar-refractivity contribution in [3.8, 4) is 5.75 Å². The second kappa shape index (κ2) is 5.91. The molecule has 0 spiro atoms. The fraction of sp³-hybridized carbons (Fsp3) is 0.167. The Morgan fingerprint density at radius 3 is 2.78 bits per heavy atom. The normalized spacial score (nSPS) is 10.4. The zero-order valence-electron chi connectivity index (χ0n) is 9.47. The van der Waals surface area contributed by atoms with Crippen LogP contribution in [-0.2, 0) is 6.54 Å². The van der Waals surface area contributed by atoms with E-state index in [9.17, 15) is 4.39 Å². The van der Waals surface area contributed by atoms with Gasteiger partial charge in [-0.3, -0.25) is 0 Å². The smallest absolute Gasteiger partial charge is 0.128 e. The lowest BCUT2D eigenvalue weighted by Gasteiger charge is -2.07. The molecule has 96 valence electrons. The van der Waals surface area contributed by atoms with Gasteiger partial charge in [-0.2, -0.15) is 0 Å². The van der Waals surface area contributed by atoms with Crippen LogP contribution in [0.25, 0.3) is 0 Å². The van der Waals surface area contributed by atoms with Gasteiger partial charge in [-0.25, -0.2) is 4.39 Å². The number of anilines is 1. The fourth-order valence-electron chi connectivity index (χ4n) is 1.45. The number of hydrogen-bond acceptors (Lipinski definition) is 3. The molecule has 0 saturated heterocycles. The molecule has 0 amide bonds. The predicted molar refractivity (Wildman–Crippen MR) is 77.3 cm³/mol. The second-order valence-corrected chi connectivity index (χ2v) is 6.16. The minimum atomic E-state index is -0.331. The average Bonchev–Trinajstić information content (AvgIpc) is 2.65. The monoisotopic (exact) mass is 349 g/mol. The zero-order chi connectivity index (χ0) is 13.1. The summed E-state index contributed by atoms with van der Waals surface area (Å²) in [5.41, 5.74) is 0.674. The molecule has 0 radical (unpaired) electrons. The Kier molecular flexibility index (Phi) is 4.48. The molecule has 0 unspecified atom stereocenters. The summed E-state index contributed by atoms with van der Waals surface area (Å²) in [5.74, 6) is 0.158. The molecule has 0 atom stereocenters. The van der Waals surface area contributed by atoms with Crippen molar-refractivity contribution in [1.29, 1.82) is 0 Å². The Labute approximate surface area is 122 Å². The van der Waals surface area contributed by atoms with Gasteiger partial charge in [-0.15, -0.1) is 11.3 Å². The zero-order valence-corrected chi connectivity index (χ0v) is 12.6. The van der Waals surface area contributed by atoms with E-state index in [1.807, 2.05) is 6.07 Å². The van der Waals surface area contributed by atoms with Gasteiger partial charge in [0, 0.05) is 33.7 Å². The van der Waals surface area contributed by atoms with E-state index in [1.54, 1.807) is 6.07 Å². The van der Waals surface area contributed by atoms with Gasteiger partial charge in [0.15, 0.2) is 0 Å². The van der Waals surface area contributed by atoms with Crippen LogP contribution in [0.15, 0.2) is 28.7 Å². The van der Waals surface area contributed by atoms with Crippen molar-refractivity contribution in [2.24, 2.45) is 0 Å². The summed E-state index contributed by atoms with van der Waals surface area (Å²) < 4.78 is 19.9. The predicted octanol–water partition coefficient (Wildman–Crippen LogP) is 4.92. The van der Waals surface area contributed by atoms with E-state index in [0.29, 0.717) is 22.3 Å². The summed E-state index contributed by atoms with van der Waals surface area (Å²) >= 11 is 10.8. The van der Waals surface area contributed by atoms with Gasteiger partial charge in [0.2, 0.25) is 0 Å². The molecule has 0 fully saturated rings. The van der Waals surface area contributed by atoms with Crippen molar-refractivity contribution in [3.63, 3.8) is 0 Å². The Morgan fingerprint density at radius 1 is 1.39 bits per heavy atom. The molecule has 1 heterocycles. The van der Waals surface area contributed by atoms with Gasteiger partial charge in [0.05, 0.1) is 7.11 Å². The Morgan fingerprint density at radius 2 is 2.17 bits per heavy atom. The molecule has 0 aliphatic heterocycles. The van der Waals surface area contributed by atoms with E-state index in [0.717, 1.165) is 9.35 Å². The third-order valence-corrected chi connectivity index (χ3v) is 4.74. The van der Waals surface area contributed by atoms with Crippen LogP contribution in [0.3, 0.4) is 0 Å². The van der Waals surface area contributed by atoms with E-state index in [-0.39, 0.29) is 5.82 Å². The number of nitrogens with one attached hydrogen (secondary N) is 1. The van der Waals surface area contributed by atoms with Crippen LogP contribution >= 0.6 is 38.9 Å². The van der Waals surface area contributed by atoms with Crippen LogP contribution < -0.4 is 10.1 Å². The molecule has 18 heavy (non-hydrogen) atoms. The number of thiophene rings is 1. The molecular weight excluding hydrogens is 341 g/mol. The molecule has 2 nitrogen and oxygen atoms in total. The average molecular weight is 351 g/mol. The summed E-state index contributed by atoms with van der Waals surface area (Å²) in [4.78, 5) is 1.06. The van der Waals surface area contributed by atoms with Crippen molar-refractivity contribution < 1.29 is 9.13 Å². The number of rotatable bonds is 4. The topological polar surface area (TPSA) is 21.3 Å². The van der Waals surface area contributed by atoms with Crippen LogP contribution in [0.5, 0.6) is 5.75 Å². The Hall–Kier alpha value is -0.780. The molecule has 0 aliphatic rings. The molecule has 0 bridgehead atoms. The van der Waals surface area contributed by atoms with Gasteiger partial charge in [-0.1, -0.05) is 11.6 Å². The second-order valence-electron chi connectivity index (χ2n) is 3.57. The molecule has 2 aromatic rings. The highest BCUT2D eigenvalue weighted by Gasteiger charge is 2.05. The molecule has 2 rings (SSSR count). The van der Waals surface area contributed by atoms with Gasteiger partial charge in [0.1, 0.15) is 15.9 Å². The van der Waals surface area contributed by atoms with Crippen LogP contribution in [0, 0.1) is 5.82 Å². The maximum atomic E-state index is 13.3. The van der Waals surface area contributed by atoms with Crippen molar-refractivity contribution in [1.82, 2.24) is 0 Å². The molecular formula is C12H10BrClFNOS. The molecule has 1 aromatic heterocycles. The van der Waals surface area contributed by atoms with Crippen molar-refractivity contribution >= 4 is 44.6 Å². The lowest BCUT2D eigenvalue weighted by atomic mass is 10.3. The highest BCUT2D eigenvalue weighted by molar-refractivity contribution is 9.10. The molecule has 1 aromatic carbocycles. The standard InChI is InChI=1S/C12H10BrClFNOS/c1-17-9-3-7(15)2-8(4-9)16-6-10-5-11(13)12(14)18-10/h2-5,16H,6H2,1H3. The maximum Gasteiger partial charge on any atom is 0.128 e. The number of ether oxygens (including phenoxy) is 1. The van der Waals surface area contributed by atoms with E-state index in [4.69, 9.17) is 16.3 Å². The highest BCUT2D eigenvalue weighted by atomic mass is 79.9. The first-order valence-corrected chi connectivity index (χ1v) is 7.09. The molecule has 0 saturated carbocycles. The third-order valence-electron chi connectivity index (χ3n) is 2.27. The largest absolute Gasteiger partial charge is 0.497 e. The molecule has 0 aliphatic carbocycles. The number of hydrogen-bond donors (Lipinski definition) is 1. The van der Waals surface area contributed by atoms with Gasteiger partial charge in [0.25, 0.3) is 0 Å². The lowest BCUT2D eigenvalue weighted by molar-refractivity contribution is 0.411. The van der Waals surface area contributed by atoms with Crippen LogP contribution in [0.2, 0.25) is 4.34 Å². The maximum absolute atomic E-state index is 13.3. The number of methoxy groups -OCH3 is 1. The number of benzene rings is 1. The quantitative estimate of drug-likeness (QED) is 0.844. The van der Waals surface area contributed by atoms with Gasteiger partial charge in [-0.05, 0) is 28.1 Å². The first-order chi connectivity index (χ1) is 8.58. The van der Waals surface area contributed by atoms with Crippen LogP contribution in [0.1, 0.15) is 4.88 Å². The first-order valence-electron chi connectivity index (χ1n) is 5.10. The minimum Gasteiger partial charge on any atom is -0.497 e. The van der Waals surface area contributed by atoms with Gasteiger partial charge < -0.3 is 10.1 Å². The highest BCUT2D eigenvalue weighted by Crippen LogP contribution is 2.32. The third kappa shape index (κ3) is 3.37. The van der Waals surface area contributed by atoms with E-state index >= 15 is 0 Å². The van der Waals surface area contributed by atoms with E-state index in [1.165, 1.54) is 30.6 Å². The van der Waals surface area contributed by atoms with Crippen molar-refractivity contribution in [2.75, 3.05) is 12.4 Å². The number of halogens is 3. The van der Waals surface area contributed by atoms with Crippen molar-refractivity contribution in [3.05, 3.63) is 43.8 Å². The summed E-state index contributed by atoms with van der Waals surface area (Å²) in [7, 11) is 1.51. The summed E-state index contributed by atoms with van der Waals surface area (Å²) in [6.07, 6.45) is 0. The van der Waals surface area contributed by atoms with Crippen LogP contribution in [-0.4, -0.2) is 7.11 Å². The van der Waals surface area contributed by atoms with Crippen LogP contribution in [0.4, 0.5) is 10.1 Å². The van der Waals surface area contributed by atoms with Crippen molar-refractivity contribution in [2.45, 2.75) is 6.54 Å². The summed E-state index contributed by atoms with van der Waals surface area (Å²) in [6, 6.07) is 6.44.